The summed E-state index contributed by atoms with van der Waals surface area (Å²) in [7, 11) is 1.46. The average molecular weight is 307 g/mol. The van der Waals surface area contributed by atoms with E-state index in [0.29, 0.717) is 11.3 Å². The number of Topliss-reactive ketones (excluding diaryl/α,β-unsaturated/α-hetero) is 1. The molecular weight excluding hydrogens is 286 g/mol. The minimum atomic E-state index is -0.666. The van der Waals surface area contributed by atoms with Crippen LogP contribution in [-0.2, 0) is 14.3 Å². The summed E-state index contributed by atoms with van der Waals surface area (Å²) in [5, 5.41) is 2.43. The van der Waals surface area contributed by atoms with E-state index in [-0.39, 0.29) is 18.9 Å². The summed E-state index contributed by atoms with van der Waals surface area (Å²) in [5.41, 5.74) is -0.246. The van der Waals surface area contributed by atoms with Gasteiger partial charge in [-0.05, 0) is 12.1 Å². The fraction of sp³-hybridized carbons (Fsp3) is 0.438. The number of rotatable bonds is 6. The van der Waals surface area contributed by atoms with Gasteiger partial charge in [-0.25, -0.2) is 0 Å². The first-order valence-electron chi connectivity index (χ1n) is 6.86. The van der Waals surface area contributed by atoms with Gasteiger partial charge in [-0.3, -0.25) is 14.4 Å². The highest BCUT2D eigenvalue weighted by molar-refractivity contribution is 5.98. The van der Waals surface area contributed by atoms with E-state index in [1.54, 1.807) is 45.0 Å². The molecule has 22 heavy (non-hydrogen) atoms. The fourth-order valence-corrected chi connectivity index (χ4v) is 1.49. The van der Waals surface area contributed by atoms with Crippen molar-refractivity contribution in [1.82, 2.24) is 5.32 Å². The van der Waals surface area contributed by atoms with Gasteiger partial charge in [-0.15, -0.1) is 0 Å². The van der Waals surface area contributed by atoms with Gasteiger partial charge in [-0.2, -0.15) is 0 Å². The summed E-state index contributed by atoms with van der Waals surface area (Å²) >= 11 is 0. The highest BCUT2D eigenvalue weighted by atomic mass is 16.5. The van der Waals surface area contributed by atoms with Crippen LogP contribution >= 0.6 is 0 Å². The average Bonchev–Trinajstić information content (AvgIpc) is 2.49. The summed E-state index contributed by atoms with van der Waals surface area (Å²) < 4.78 is 9.91. The molecule has 0 bridgehead atoms. The Morgan fingerprint density at radius 1 is 1.14 bits per heavy atom. The summed E-state index contributed by atoms with van der Waals surface area (Å²) in [6.45, 7) is 4.62. The van der Waals surface area contributed by atoms with Crippen LogP contribution in [0.4, 0.5) is 0 Å². The van der Waals surface area contributed by atoms with E-state index in [2.05, 4.69) is 5.32 Å². The van der Waals surface area contributed by atoms with E-state index in [0.717, 1.165) is 0 Å². The molecular formula is C16H21NO5. The second-order valence-electron chi connectivity index (χ2n) is 5.72. The van der Waals surface area contributed by atoms with Gasteiger partial charge in [0.1, 0.15) is 12.3 Å². The van der Waals surface area contributed by atoms with Gasteiger partial charge in [0.25, 0.3) is 5.91 Å². The van der Waals surface area contributed by atoms with E-state index >= 15 is 0 Å². The Hall–Kier alpha value is -2.37. The van der Waals surface area contributed by atoms with Crippen LogP contribution in [0.2, 0.25) is 0 Å². The van der Waals surface area contributed by atoms with Crippen LogP contribution in [0.5, 0.6) is 5.75 Å². The highest BCUT2D eigenvalue weighted by Crippen LogP contribution is 2.17. The zero-order valence-electron chi connectivity index (χ0n) is 13.3. The maximum absolute atomic E-state index is 12.0. The van der Waals surface area contributed by atoms with Crippen molar-refractivity contribution in [2.75, 3.05) is 20.3 Å². The molecule has 0 aromatic heterocycles. The molecule has 1 rings (SSSR count). The molecule has 0 spiro atoms. The number of methoxy groups -OCH3 is 1. The van der Waals surface area contributed by atoms with E-state index in [4.69, 9.17) is 9.47 Å². The minimum Gasteiger partial charge on any atom is -0.496 e. The van der Waals surface area contributed by atoms with Crippen molar-refractivity contribution in [3.8, 4) is 5.75 Å². The number of carbonyl (C=O) groups is 3. The number of carbonyl (C=O) groups excluding carboxylic acids is 3. The molecule has 1 aromatic rings. The number of hydrogen-bond donors (Lipinski definition) is 1. The lowest BCUT2D eigenvalue weighted by molar-refractivity contribution is -0.149. The number of nitrogens with one attached hydrogen (secondary N) is 1. The Labute approximate surface area is 129 Å². The zero-order valence-corrected chi connectivity index (χ0v) is 13.3. The van der Waals surface area contributed by atoms with Gasteiger partial charge >= 0.3 is 5.97 Å². The number of ether oxygens (including phenoxy) is 2. The number of amides is 1. The summed E-state index contributed by atoms with van der Waals surface area (Å²) in [6.07, 6.45) is 0. The van der Waals surface area contributed by atoms with Crippen molar-refractivity contribution in [2.24, 2.45) is 5.41 Å². The van der Waals surface area contributed by atoms with Crippen LogP contribution in [0.25, 0.3) is 0 Å². The van der Waals surface area contributed by atoms with Crippen molar-refractivity contribution in [3.05, 3.63) is 29.8 Å². The smallest absolute Gasteiger partial charge is 0.325 e. The number of ketones is 1. The first-order valence-corrected chi connectivity index (χ1v) is 6.86. The van der Waals surface area contributed by atoms with Gasteiger partial charge in [0, 0.05) is 5.41 Å². The molecule has 1 amide bonds. The predicted molar refractivity (Wildman–Crippen MR) is 80.7 cm³/mol. The Kier molecular flexibility index (Phi) is 6.10. The fourth-order valence-electron chi connectivity index (χ4n) is 1.49. The molecule has 1 aromatic carbocycles. The lowest BCUT2D eigenvalue weighted by Crippen LogP contribution is -2.33. The molecule has 0 heterocycles. The molecule has 120 valence electrons. The molecule has 6 nitrogen and oxygen atoms in total. The molecule has 6 heteroatoms. The van der Waals surface area contributed by atoms with E-state index < -0.39 is 17.3 Å². The van der Waals surface area contributed by atoms with Crippen LogP contribution in [0.1, 0.15) is 31.1 Å². The van der Waals surface area contributed by atoms with Crippen molar-refractivity contribution in [2.45, 2.75) is 20.8 Å². The standard InChI is InChI=1S/C16H21NO5/c1-16(2,3)13(18)10-22-14(19)9-17-15(20)11-7-5-6-8-12(11)21-4/h5-8H,9-10H2,1-4H3,(H,17,20). The third kappa shape index (κ3) is 5.20. The van der Waals surface area contributed by atoms with Crippen LogP contribution in [0.3, 0.4) is 0 Å². The van der Waals surface area contributed by atoms with E-state index in [9.17, 15) is 14.4 Å². The topological polar surface area (TPSA) is 81.7 Å². The van der Waals surface area contributed by atoms with Crippen molar-refractivity contribution >= 4 is 17.7 Å². The number of benzene rings is 1. The van der Waals surface area contributed by atoms with Crippen molar-refractivity contribution in [3.63, 3.8) is 0 Å². The van der Waals surface area contributed by atoms with Crippen LogP contribution < -0.4 is 10.1 Å². The van der Waals surface area contributed by atoms with Gasteiger partial charge < -0.3 is 14.8 Å². The molecule has 0 fully saturated rings. The molecule has 0 saturated heterocycles. The van der Waals surface area contributed by atoms with Crippen LogP contribution in [-0.4, -0.2) is 37.9 Å². The molecule has 0 aliphatic heterocycles. The van der Waals surface area contributed by atoms with Gasteiger partial charge in [0.05, 0.1) is 12.7 Å². The molecule has 0 aliphatic carbocycles. The first kappa shape index (κ1) is 17.7. The Morgan fingerprint density at radius 3 is 2.36 bits per heavy atom. The van der Waals surface area contributed by atoms with Crippen molar-refractivity contribution < 1.29 is 23.9 Å². The van der Waals surface area contributed by atoms with Gasteiger partial charge in [0.15, 0.2) is 12.4 Å². The maximum atomic E-state index is 12.0. The summed E-state index contributed by atoms with van der Waals surface area (Å²) in [4.78, 5) is 35.1. The zero-order chi connectivity index (χ0) is 16.8. The number of hydrogen-bond acceptors (Lipinski definition) is 5. The quantitative estimate of drug-likeness (QED) is 0.807. The molecule has 0 saturated carbocycles. The number of esters is 1. The predicted octanol–water partition coefficient (Wildman–Crippen LogP) is 1.58. The lowest BCUT2D eigenvalue weighted by atomic mass is 9.91. The largest absolute Gasteiger partial charge is 0.496 e. The normalized spacial score (nSPS) is 10.7. The highest BCUT2D eigenvalue weighted by Gasteiger charge is 2.22. The molecule has 0 atom stereocenters. The van der Waals surface area contributed by atoms with Gasteiger partial charge in [-0.1, -0.05) is 32.9 Å². The molecule has 0 radical (unpaired) electrons. The van der Waals surface area contributed by atoms with Crippen molar-refractivity contribution in [1.29, 1.82) is 0 Å². The van der Waals surface area contributed by atoms with Crippen LogP contribution in [0.15, 0.2) is 24.3 Å². The molecule has 0 aliphatic rings. The van der Waals surface area contributed by atoms with E-state index in [1.807, 2.05) is 0 Å². The summed E-state index contributed by atoms with van der Waals surface area (Å²) in [6, 6.07) is 6.66. The van der Waals surface area contributed by atoms with E-state index in [1.165, 1.54) is 7.11 Å². The SMILES string of the molecule is COc1ccccc1C(=O)NCC(=O)OCC(=O)C(C)(C)C. The first-order chi connectivity index (χ1) is 10.3. The molecule has 0 unspecified atom stereocenters. The Balaban J connectivity index is 2.47. The maximum Gasteiger partial charge on any atom is 0.325 e. The third-order valence-electron chi connectivity index (χ3n) is 2.95. The van der Waals surface area contributed by atoms with Crippen LogP contribution in [0, 0.1) is 5.41 Å². The molecule has 1 N–H and O–H groups in total. The third-order valence-corrected chi connectivity index (χ3v) is 2.95. The monoisotopic (exact) mass is 307 g/mol. The number of para-hydroxylation sites is 1. The minimum absolute atomic E-state index is 0.183. The lowest BCUT2D eigenvalue weighted by Gasteiger charge is -2.16. The Bertz CT molecular complexity index is 560. The Morgan fingerprint density at radius 2 is 1.77 bits per heavy atom. The second kappa shape index (κ2) is 7.59. The second-order valence-corrected chi connectivity index (χ2v) is 5.72. The summed E-state index contributed by atoms with van der Waals surface area (Å²) in [5.74, 6) is -0.884. The van der Waals surface area contributed by atoms with Gasteiger partial charge in [0.2, 0.25) is 0 Å².